The highest BCUT2D eigenvalue weighted by Crippen LogP contribution is 2.18. The first-order valence-corrected chi connectivity index (χ1v) is 8.76. The Morgan fingerprint density at radius 1 is 1.12 bits per heavy atom. The number of halogens is 2. The van der Waals surface area contributed by atoms with Crippen molar-refractivity contribution in [2.45, 2.75) is 25.4 Å². The summed E-state index contributed by atoms with van der Waals surface area (Å²) in [5, 5.41) is 3.60. The minimum Gasteiger partial charge on any atom is -0.348 e. The van der Waals surface area contributed by atoms with Gasteiger partial charge in [-0.25, -0.2) is 4.98 Å². The van der Waals surface area contributed by atoms with Crippen LogP contribution < -0.4 is 5.32 Å². The maximum absolute atomic E-state index is 12.3. The lowest BCUT2D eigenvalue weighted by atomic mass is 10.0. The molecule has 1 aliphatic heterocycles. The van der Waals surface area contributed by atoms with Gasteiger partial charge in [0, 0.05) is 25.7 Å². The van der Waals surface area contributed by atoms with Crippen LogP contribution >= 0.6 is 23.2 Å². The second-order valence-electron chi connectivity index (χ2n) is 5.97. The molecule has 0 unspecified atom stereocenters. The summed E-state index contributed by atoms with van der Waals surface area (Å²) in [5.41, 5.74) is 1.51. The van der Waals surface area contributed by atoms with E-state index in [0.717, 1.165) is 32.5 Å². The average Bonchev–Trinajstić information content (AvgIpc) is 2.59. The van der Waals surface area contributed by atoms with Crippen molar-refractivity contribution in [1.82, 2.24) is 15.2 Å². The Morgan fingerprint density at radius 3 is 2.54 bits per heavy atom. The third-order valence-electron chi connectivity index (χ3n) is 4.20. The number of hydrogen-bond donors (Lipinski definition) is 1. The molecular weight excluding hydrogens is 345 g/mol. The molecule has 126 valence electrons. The van der Waals surface area contributed by atoms with Crippen LogP contribution in [-0.2, 0) is 6.54 Å². The summed E-state index contributed by atoms with van der Waals surface area (Å²) in [7, 11) is 0. The van der Waals surface area contributed by atoms with E-state index >= 15 is 0 Å². The summed E-state index contributed by atoms with van der Waals surface area (Å²) in [6.07, 6.45) is 1.83. The van der Waals surface area contributed by atoms with E-state index in [2.05, 4.69) is 39.5 Å². The van der Waals surface area contributed by atoms with E-state index in [1.807, 2.05) is 6.07 Å². The molecule has 24 heavy (non-hydrogen) atoms. The molecule has 0 atom stereocenters. The number of nitrogens with one attached hydrogen (secondary N) is 1. The molecule has 2 heterocycles. The Bertz CT molecular complexity index is 701. The lowest BCUT2D eigenvalue weighted by Gasteiger charge is -2.32. The van der Waals surface area contributed by atoms with E-state index in [0.29, 0.717) is 5.02 Å². The smallest absolute Gasteiger partial charge is 0.271 e. The normalized spacial score (nSPS) is 16.1. The van der Waals surface area contributed by atoms with Crippen molar-refractivity contribution in [1.29, 1.82) is 0 Å². The lowest BCUT2D eigenvalue weighted by Crippen LogP contribution is -2.44. The molecular formula is C18H19Cl2N3O. The van der Waals surface area contributed by atoms with Gasteiger partial charge in [-0.05, 0) is 30.5 Å². The van der Waals surface area contributed by atoms with Crippen LogP contribution in [0, 0.1) is 0 Å². The van der Waals surface area contributed by atoms with Gasteiger partial charge < -0.3 is 5.32 Å². The van der Waals surface area contributed by atoms with Gasteiger partial charge in [0.1, 0.15) is 10.8 Å². The molecule has 1 fully saturated rings. The van der Waals surface area contributed by atoms with Crippen LogP contribution in [0.5, 0.6) is 0 Å². The van der Waals surface area contributed by atoms with Crippen molar-refractivity contribution in [2.75, 3.05) is 13.1 Å². The molecule has 0 radical (unpaired) electrons. The molecule has 1 N–H and O–H groups in total. The lowest BCUT2D eigenvalue weighted by molar-refractivity contribution is 0.0904. The standard InChI is InChI=1S/C18H19Cl2N3O/c19-15-6-7-16(20)22-17(15)18(24)21-14-8-10-23(11-9-14)12-13-4-2-1-3-5-13/h1-7,14H,8-12H2,(H,21,24). The van der Waals surface area contributed by atoms with Gasteiger partial charge >= 0.3 is 0 Å². The largest absolute Gasteiger partial charge is 0.348 e. The van der Waals surface area contributed by atoms with Crippen LogP contribution in [0.4, 0.5) is 0 Å². The minimum absolute atomic E-state index is 0.140. The summed E-state index contributed by atoms with van der Waals surface area (Å²) in [5.74, 6) is -0.260. The van der Waals surface area contributed by atoms with E-state index in [1.54, 1.807) is 12.1 Å². The van der Waals surface area contributed by atoms with Crippen LogP contribution in [0.25, 0.3) is 0 Å². The SMILES string of the molecule is O=C(NC1CCN(Cc2ccccc2)CC1)c1nc(Cl)ccc1Cl. The number of nitrogens with zero attached hydrogens (tertiary/aromatic N) is 2. The topological polar surface area (TPSA) is 45.2 Å². The number of pyridine rings is 1. The van der Waals surface area contributed by atoms with Crippen molar-refractivity contribution in [3.8, 4) is 0 Å². The van der Waals surface area contributed by atoms with Gasteiger partial charge in [0.2, 0.25) is 0 Å². The fraction of sp³-hybridized carbons (Fsp3) is 0.333. The van der Waals surface area contributed by atoms with E-state index in [9.17, 15) is 4.79 Å². The van der Waals surface area contributed by atoms with Gasteiger partial charge in [-0.2, -0.15) is 0 Å². The highest BCUT2D eigenvalue weighted by molar-refractivity contribution is 6.34. The summed E-state index contributed by atoms with van der Waals surface area (Å²) < 4.78 is 0. The van der Waals surface area contributed by atoms with Crippen LogP contribution in [-0.4, -0.2) is 34.9 Å². The van der Waals surface area contributed by atoms with E-state index < -0.39 is 0 Å². The average molecular weight is 364 g/mol. The van der Waals surface area contributed by atoms with Gasteiger partial charge in [0.25, 0.3) is 5.91 Å². The van der Waals surface area contributed by atoms with E-state index in [-0.39, 0.29) is 22.8 Å². The van der Waals surface area contributed by atoms with Crippen LogP contribution in [0.2, 0.25) is 10.2 Å². The van der Waals surface area contributed by atoms with E-state index in [1.165, 1.54) is 5.56 Å². The number of likely N-dealkylation sites (tertiary alicyclic amines) is 1. The second-order valence-corrected chi connectivity index (χ2v) is 6.77. The highest BCUT2D eigenvalue weighted by atomic mass is 35.5. The van der Waals surface area contributed by atoms with Crippen LogP contribution in [0.15, 0.2) is 42.5 Å². The number of carbonyl (C=O) groups excluding carboxylic acids is 1. The number of carbonyl (C=O) groups is 1. The first-order valence-electron chi connectivity index (χ1n) is 8.01. The quantitative estimate of drug-likeness (QED) is 0.840. The molecule has 3 rings (SSSR count). The molecule has 0 spiro atoms. The third kappa shape index (κ3) is 4.47. The molecule has 1 aromatic heterocycles. The number of hydrogen-bond acceptors (Lipinski definition) is 3. The van der Waals surface area contributed by atoms with Gasteiger partial charge in [0.15, 0.2) is 0 Å². The van der Waals surface area contributed by atoms with Crippen molar-refractivity contribution >= 4 is 29.1 Å². The highest BCUT2D eigenvalue weighted by Gasteiger charge is 2.22. The maximum Gasteiger partial charge on any atom is 0.271 e. The Kier molecular flexibility index (Phi) is 5.72. The first-order chi connectivity index (χ1) is 11.6. The summed E-state index contributed by atoms with van der Waals surface area (Å²) in [4.78, 5) is 18.8. The first kappa shape index (κ1) is 17.2. The van der Waals surface area contributed by atoms with Crippen molar-refractivity contribution < 1.29 is 4.79 Å². The summed E-state index contributed by atoms with van der Waals surface area (Å²) in [6.45, 7) is 2.86. The predicted octanol–water partition coefficient (Wildman–Crippen LogP) is 3.78. The molecule has 1 amide bonds. The molecule has 0 bridgehead atoms. The Balaban J connectivity index is 1.52. The molecule has 1 aliphatic rings. The number of piperidine rings is 1. The molecule has 1 saturated heterocycles. The maximum atomic E-state index is 12.3. The molecule has 0 saturated carbocycles. The zero-order chi connectivity index (χ0) is 16.9. The van der Waals surface area contributed by atoms with Crippen molar-refractivity contribution in [2.24, 2.45) is 0 Å². The van der Waals surface area contributed by atoms with Crippen LogP contribution in [0.3, 0.4) is 0 Å². The van der Waals surface area contributed by atoms with Gasteiger partial charge in [-0.15, -0.1) is 0 Å². The zero-order valence-electron chi connectivity index (χ0n) is 13.2. The molecule has 0 aliphatic carbocycles. The Hall–Kier alpha value is -1.62. The number of amides is 1. The molecule has 6 heteroatoms. The van der Waals surface area contributed by atoms with Crippen LogP contribution in [0.1, 0.15) is 28.9 Å². The number of rotatable bonds is 4. The second kappa shape index (κ2) is 7.97. The molecule has 2 aromatic rings. The Morgan fingerprint density at radius 2 is 1.83 bits per heavy atom. The van der Waals surface area contributed by atoms with Crippen molar-refractivity contribution in [3.05, 3.63) is 63.9 Å². The number of benzene rings is 1. The predicted molar refractivity (Wildman–Crippen MR) is 96.5 cm³/mol. The number of aromatic nitrogens is 1. The zero-order valence-corrected chi connectivity index (χ0v) is 14.7. The molecule has 4 nitrogen and oxygen atoms in total. The van der Waals surface area contributed by atoms with Gasteiger partial charge in [-0.3, -0.25) is 9.69 Å². The van der Waals surface area contributed by atoms with E-state index in [4.69, 9.17) is 23.2 Å². The third-order valence-corrected chi connectivity index (χ3v) is 4.71. The van der Waals surface area contributed by atoms with Crippen molar-refractivity contribution in [3.63, 3.8) is 0 Å². The minimum atomic E-state index is -0.260. The Labute approximate surface area is 151 Å². The van der Waals surface area contributed by atoms with Gasteiger partial charge in [-0.1, -0.05) is 53.5 Å². The fourth-order valence-corrected chi connectivity index (χ4v) is 3.25. The molecule has 1 aromatic carbocycles. The fourth-order valence-electron chi connectivity index (χ4n) is 2.91. The monoisotopic (exact) mass is 363 g/mol. The van der Waals surface area contributed by atoms with Gasteiger partial charge in [0.05, 0.1) is 5.02 Å². The summed E-state index contributed by atoms with van der Waals surface area (Å²) >= 11 is 11.9. The summed E-state index contributed by atoms with van der Waals surface area (Å²) in [6, 6.07) is 13.7.